The molecule has 7 nitrogen and oxygen atoms in total. The van der Waals surface area contributed by atoms with Crippen LogP contribution in [0.25, 0.3) is 6.08 Å². The van der Waals surface area contributed by atoms with Gasteiger partial charge in [0.1, 0.15) is 6.61 Å². The molecule has 1 amide bonds. The quantitative estimate of drug-likeness (QED) is 0.708. The van der Waals surface area contributed by atoms with E-state index in [4.69, 9.17) is 19.8 Å². The molecule has 158 valence electrons. The number of aromatic nitrogens is 1. The van der Waals surface area contributed by atoms with Crippen LogP contribution in [0.15, 0.2) is 54.1 Å². The number of hydrogen-bond donors (Lipinski definition) is 2. The van der Waals surface area contributed by atoms with Gasteiger partial charge in [0, 0.05) is 6.54 Å². The molecule has 8 heteroatoms. The maximum atomic E-state index is 12.2. The predicted octanol–water partition coefficient (Wildman–Crippen LogP) is 3.61. The van der Waals surface area contributed by atoms with E-state index in [2.05, 4.69) is 10.3 Å². The molecule has 2 aromatic rings. The monoisotopic (exact) mass is 409 g/mol. The fourth-order valence-electron chi connectivity index (χ4n) is 2.84. The fourth-order valence-corrected chi connectivity index (χ4v) is 2.84. The zero-order chi connectivity index (χ0) is 21.8. The van der Waals surface area contributed by atoms with Crippen LogP contribution in [-0.2, 0) is 20.7 Å². The Bertz CT molecular complexity index is 882. The van der Waals surface area contributed by atoms with Gasteiger partial charge in [-0.05, 0) is 56.9 Å². The van der Waals surface area contributed by atoms with E-state index in [1.54, 1.807) is 18.3 Å². The van der Waals surface area contributed by atoms with Crippen LogP contribution in [0.2, 0.25) is 0 Å². The highest BCUT2D eigenvalue weighted by Gasteiger charge is 2.52. The summed E-state index contributed by atoms with van der Waals surface area (Å²) < 4.78 is 17.6. The minimum Gasteiger partial charge on any atom is -0.445 e. The lowest BCUT2D eigenvalue weighted by molar-refractivity contribution is 0.00578. The van der Waals surface area contributed by atoms with Crippen LogP contribution in [0.1, 0.15) is 39.0 Å². The minimum atomic E-state index is -0.622. The van der Waals surface area contributed by atoms with Gasteiger partial charge in [-0.2, -0.15) is 0 Å². The van der Waals surface area contributed by atoms with E-state index in [1.165, 1.54) is 0 Å². The van der Waals surface area contributed by atoms with Crippen molar-refractivity contribution in [3.05, 3.63) is 65.4 Å². The molecule has 1 fully saturated rings. The van der Waals surface area contributed by atoms with Gasteiger partial charge >= 0.3 is 13.2 Å². The molecule has 0 saturated carbocycles. The highest BCUT2D eigenvalue weighted by Crippen LogP contribution is 2.38. The molecule has 0 atom stereocenters. The summed E-state index contributed by atoms with van der Waals surface area (Å²) in [7, 11) is -0.622. The molecule has 0 aliphatic carbocycles. The van der Waals surface area contributed by atoms with Gasteiger partial charge < -0.3 is 25.1 Å². The van der Waals surface area contributed by atoms with Crippen LogP contribution < -0.4 is 11.1 Å². The van der Waals surface area contributed by atoms with Gasteiger partial charge in [-0.3, -0.25) is 4.98 Å². The number of carbonyl (C=O) groups excluding carboxylic acids is 1. The highest BCUT2D eigenvalue weighted by molar-refractivity contribution is 6.56. The zero-order valence-corrected chi connectivity index (χ0v) is 17.8. The molecule has 0 bridgehead atoms. The number of rotatable bonds is 6. The van der Waals surface area contributed by atoms with E-state index in [0.717, 1.165) is 11.0 Å². The third-order valence-corrected chi connectivity index (χ3v) is 5.35. The number of benzene rings is 1. The zero-order valence-electron chi connectivity index (χ0n) is 17.8. The largest absolute Gasteiger partial charge is 0.492 e. The van der Waals surface area contributed by atoms with Gasteiger partial charge in [0.15, 0.2) is 0 Å². The van der Waals surface area contributed by atoms with Crippen molar-refractivity contribution < 1.29 is 18.8 Å². The maximum absolute atomic E-state index is 12.2. The predicted molar refractivity (Wildman–Crippen MR) is 117 cm³/mol. The molecule has 0 radical (unpaired) electrons. The molecular formula is C22H28BN3O4. The smallest absolute Gasteiger partial charge is 0.445 e. The number of nitrogens with two attached hydrogens (primary N) is 1. The van der Waals surface area contributed by atoms with Crippen LogP contribution in [-0.4, -0.2) is 35.9 Å². The Morgan fingerprint density at radius 3 is 2.40 bits per heavy atom. The Morgan fingerprint density at radius 2 is 1.80 bits per heavy atom. The second-order valence-electron chi connectivity index (χ2n) is 8.24. The summed E-state index contributed by atoms with van der Waals surface area (Å²) in [6.45, 7) is 8.31. The summed E-state index contributed by atoms with van der Waals surface area (Å²) in [5.74, 6) is 0. The van der Waals surface area contributed by atoms with Crippen molar-refractivity contribution >= 4 is 25.0 Å². The van der Waals surface area contributed by atoms with Crippen LogP contribution in [0, 0.1) is 0 Å². The second kappa shape index (κ2) is 8.89. The van der Waals surface area contributed by atoms with Gasteiger partial charge in [-0.1, -0.05) is 30.3 Å². The second-order valence-corrected chi connectivity index (χ2v) is 8.24. The van der Waals surface area contributed by atoms with Crippen molar-refractivity contribution in [2.24, 2.45) is 0 Å². The maximum Gasteiger partial charge on any atom is 0.492 e. The standard InChI is InChI=1S/C22H28BN3O4/c1-21(2)22(3,4)30-23(29-21)17(12-19-11-10-18(24)14-25-19)13-26-20(27)28-15-16-8-6-5-7-9-16/h5-12,14H,13,15,24H2,1-4H3,(H,26,27). The van der Waals surface area contributed by atoms with Gasteiger partial charge in [0.25, 0.3) is 0 Å². The van der Waals surface area contributed by atoms with Crippen LogP contribution >= 0.6 is 0 Å². The molecule has 3 N–H and O–H groups in total. The molecular weight excluding hydrogens is 381 g/mol. The first kappa shape index (κ1) is 21.9. The van der Waals surface area contributed by atoms with E-state index in [1.807, 2.05) is 64.1 Å². The van der Waals surface area contributed by atoms with Gasteiger partial charge in [0.2, 0.25) is 0 Å². The summed E-state index contributed by atoms with van der Waals surface area (Å²) >= 11 is 0. The third-order valence-electron chi connectivity index (χ3n) is 5.35. The number of alkyl carbamates (subject to hydrolysis) is 1. The number of nitrogen functional groups attached to an aromatic ring is 1. The van der Waals surface area contributed by atoms with E-state index in [9.17, 15) is 4.79 Å². The molecule has 30 heavy (non-hydrogen) atoms. The average molecular weight is 409 g/mol. The Kier molecular flexibility index (Phi) is 6.48. The summed E-state index contributed by atoms with van der Waals surface area (Å²) in [5, 5.41) is 2.77. The third kappa shape index (κ3) is 5.40. The van der Waals surface area contributed by atoms with Gasteiger partial charge in [-0.15, -0.1) is 0 Å². The number of ether oxygens (including phenoxy) is 1. The van der Waals surface area contributed by atoms with Gasteiger partial charge in [0.05, 0.1) is 28.8 Å². The molecule has 1 aromatic carbocycles. The molecule has 0 spiro atoms. The molecule has 3 rings (SSSR count). The average Bonchev–Trinajstić information content (AvgIpc) is 2.93. The molecule has 1 aliphatic rings. The molecule has 2 heterocycles. The van der Waals surface area contributed by atoms with Crippen molar-refractivity contribution in [3.63, 3.8) is 0 Å². The van der Waals surface area contributed by atoms with E-state index < -0.39 is 24.4 Å². The number of nitrogens with zero attached hydrogens (tertiary/aromatic N) is 1. The molecule has 1 saturated heterocycles. The fraction of sp³-hybridized carbons (Fsp3) is 0.364. The lowest BCUT2D eigenvalue weighted by Crippen LogP contribution is -2.41. The lowest BCUT2D eigenvalue weighted by atomic mass is 9.77. The lowest BCUT2D eigenvalue weighted by Gasteiger charge is -2.32. The van der Waals surface area contributed by atoms with E-state index in [-0.39, 0.29) is 13.2 Å². The van der Waals surface area contributed by atoms with Crippen molar-refractivity contribution in [1.29, 1.82) is 0 Å². The summed E-state index contributed by atoms with van der Waals surface area (Å²) in [4.78, 5) is 16.5. The number of hydrogen-bond acceptors (Lipinski definition) is 6. The Balaban J connectivity index is 1.70. The number of carbonyl (C=O) groups is 1. The Morgan fingerprint density at radius 1 is 1.13 bits per heavy atom. The van der Waals surface area contributed by atoms with Crippen molar-refractivity contribution in [2.45, 2.75) is 45.5 Å². The first-order valence-electron chi connectivity index (χ1n) is 9.88. The van der Waals surface area contributed by atoms with Crippen molar-refractivity contribution in [1.82, 2.24) is 10.3 Å². The van der Waals surface area contributed by atoms with Crippen molar-refractivity contribution in [2.75, 3.05) is 12.3 Å². The minimum absolute atomic E-state index is 0.191. The number of nitrogens with one attached hydrogen (secondary N) is 1. The topological polar surface area (TPSA) is 95.7 Å². The first-order valence-corrected chi connectivity index (χ1v) is 9.88. The molecule has 0 unspecified atom stereocenters. The van der Waals surface area contributed by atoms with Gasteiger partial charge in [-0.25, -0.2) is 4.79 Å². The summed E-state index contributed by atoms with van der Waals surface area (Å²) in [6.07, 6.45) is 2.89. The first-order chi connectivity index (χ1) is 14.2. The van der Waals surface area contributed by atoms with Crippen LogP contribution in [0.4, 0.5) is 10.5 Å². The van der Waals surface area contributed by atoms with E-state index in [0.29, 0.717) is 11.4 Å². The van der Waals surface area contributed by atoms with Crippen LogP contribution in [0.5, 0.6) is 0 Å². The summed E-state index contributed by atoms with van der Waals surface area (Å²) in [6, 6.07) is 13.1. The SMILES string of the molecule is CC1(C)OB(C(=Cc2ccc(N)cn2)CNC(=O)OCc2ccccc2)OC1(C)C. The normalized spacial score (nSPS) is 17.6. The molecule has 1 aliphatic heterocycles. The number of pyridine rings is 1. The number of amides is 1. The Hall–Kier alpha value is -2.84. The number of anilines is 1. The Labute approximate surface area is 177 Å². The molecule has 1 aromatic heterocycles. The van der Waals surface area contributed by atoms with Crippen molar-refractivity contribution in [3.8, 4) is 0 Å². The van der Waals surface area contributed by atoms with Crippen LogP contribution in [0.3, 0.4) is 0 Å². The summed E-state index contributed by atoms with van der Waals surface area (Å²) in [5.41, 5.74) is 7.63. The highest BCUT2D eigenvalue weighted by atomic mass is 16.7. The van der Waals surface area contributed by atoms with E-state index >= 15 is 0 Å².